The van der Waals surface area contributed by atoms with Crippen LogP contribution in [0.4, 0.5) is 5.69 Å². The van der Waals surface area contributed by atoms with Gasteiger partial charge in [0.1, 0.15) is 5.75 Å². The number of nitrogens with one attached hydrogen (secondary N) is 2. The summed E-state index contributed by atoms with van der Waals surface area (Å²) in [6.07, 6.45) is 5.86. The Balaban J connectivity index is 1.89. The van der Waals surface area contributed by atoms with Gasteiger partial charge in [-0.15, -0.1) is 0 Å². The van der Waals surface area contributed by atoms with Gasteiger partial charge >= 0.3 is 0 Å². The molecule has 1 aromatic rings. The molecule has 2 rings (SSSR count). The molecule has 1 aliphatic carbocycles. The van der Waals surface area contributed by atoms with Crippen LogP contribution in [0.5, 0.6) is 5.75 Å². The summed E-state index contributed by atoms with van der Waals surface area (Å²) in [6, 6.07) is 6.37. The summed E-state index contributed by atoms with van der Waals surface area (Å²) >= 11 is 0. The third-order valence-corrected chi connectivity index (χ3v) is 3.78. The zero-order chi connectivity index (χ0) is 15.1. The van der Waals surface area contributed by atoms with Crippen molar-refractivity contribution in [3.8, 4) is 5.75 Å². The van der Waals surface area contributed by atoms with Gasteiger partial charge in [0.25, 0.3) is 0 Å². The van der Waals surface area contributed by atoms with Gasteiger partial charge in [0.2, 0.25) is 5.91 Å². The Hall–Kier alpha value is -1.55. The largest absolute Gasteiger partial charge is 0.491 e. The third kappa shape index (κ3) is 5.05. The van der Waals surface area contributed by atoms with Crippen LogP contribution in [0.2, 0.25) is 0 Å². The zero-order valence-electron chi connectivity index (χ0n) is 13.1. The standard InChI is InChI=1S/C17H26N2O2/c1-3-10-21-16-11-13(2)8-9-15(16)19-17(20)12-18-14-6-4-5-7-14/h8-9,11,14,18H,3-7,10,12H2,1-2H3,(H,19,20). The van der Waals surface area contributed by atoms with E-state index in [9.17, 15) is 4.79 Å². The minimum atomic E-state index is -0.00731. The lowest BCUT2D eigenvalue weighted by molar-refractivity contribution is -0.115. The highest BCUT2D eigenvalue weighted by Gasteiger charge is 2.15. The van der Waals surface area contributed by atoms with Crippen molar-refractivity contribution < 1.29 is 9.53 Å². The molecule has 21 heavy (non-hydrogen) atoms. The molecule has 0 heterocycles. The van der Waals surface area contributed by atoms with Crippen molar-refractivity contribution in [1.29, 1.82) is 0 Å². The van der Waals surface area contributed by atoms with E-state index in [-0.39, 0.29) is 5.91 Å². The quantitative estimate of drug-likeness (QED) is 0.810. The van der Waals surface area contributed by atoms with Gasteiger partial charge in [0.05, 0.1) is 18.8 Å². The van der Waals surface area contributed by atoms with E-state index >= 15 is 0 Å². The van der Waals surface area contributed by atoms with Crippen LogP contribution in [0.15, 0.2) is 18.2 Å². The van der Waals surface area contributed by atoms with Gasteiger partial charge in [-0.1, -0.05) is 25.8 Å². The first-order valence-electron chi connectivity index (χ1n) is 7.95. The molecule has 116 valence electrons. The highest BCUT2D eigenvalue weighted by Crippen LogP contribution is 2.26. The summed E-state index contributed by atoms with van der Waals surface area (Å²) in [7, 11) is 0. The molecule has 0 unspecified atom stereocenters. The van der Waals surface area contributed by atoms with E-state index in [1.54, 1.807) is 0 Å². The molecule has 2 N–H and O–H groups in total. The Morgan fingerprint density at radius 3 is 2.81 bits per heavy atom. The van der Waals surface area contributed by atoms with Crippen molar-refractivity contribution >= 4 is 11.6 Å². The Morgan fingerprint density at radius 1 is 1.33 bits per heavy atom. The molecular formula is C17H26N2O2. The molecule has 0 spiro atoms. The van der Waals surface area contributed by atoms with E-state index in [1.807, 2.05) is 25.1 Å². The lowest BCUT2D eigenvalue weighted by Gasteiger charge is -2.15. The SMILES string of the molecule is CCCOc1cc(C)ccc1NC(=O)CNC1CCCC1. The molecule has 1 aromatic carbocycles. The summed E-state index contributed by atoms with van der Waals surface area (Å²) < 4.78 is 5.71. The molecule has 0 saturated heterocycles. The highest BCUT2D eigenvalue weighted by molar-refractivity contribution is 5.93. The van der Waals surface area contributed by atoms with E-state index in [2.05, 4.69) is 17.6 Å². The lowest BCUT2D eigenvalue weighted by Crippen LogP contribution is -2.34. The molecule has 0 atom stereocenters. The lowest BCUT2D eigenvalue weighted by atomic mass is 10.2. The topological polar surface area (TPSA) is 50.4 Å². The first-order valence-corrected chi connectivity index (χ1v) is 7.95. The predicted molar refractivity (Wildman–Crippen MR) is 85.9 cm³/mol. The first kappa shape index (κ1) is 15.8. The molecule has 1 saturated carbocycles. The van der Waals surface area contributed by atoms with Crippen LogP contribution in [0.3, 0.4) is 0 Å². The molecule has 0 aliphatic heterocycles. The Labute approximate surface area is 127 Å². The van der Waals surface area contributed by atoms with Gasteiger partial charge in [0.15, 0.2) is 0 Å². The Kier molecular flexibility index (Phi) is 6.05. The number of carbonyl (C=O) groups excluding carboxylic acids is 1. The van der Waals surface area contributed by atoms with Crippen LogP contribution in [0.25, 0.3) is 0 Å². The number of rotatable bonds is 7. The Morgan fingerprint density at radius 2 is 2.10 bits per heavy atom. The Bertz CT molecular complexity index is 468. The number of carbonyl (C=O) groups is 1. The van der Waals surface area contributed by atoms with Crippen molar-refractivity contribution in [2.24, 2.45) is 0 Å². The molecule has 1 aliphatic rings. The van der Waals surface area contributed by atoms with Crippen molar-refractivity contribution in [3.63, 3.8) is 0 Å². The maximum atomic E-state index is 12.1. The number of anilines is 1. The maximum absolute atomic E-state index is 12.1. The fourth-order valence-corrected chi connectivity index (χ4v) is 2.63. The van der Waals surface area contributed by atoms with Crippen LogP contribution >= 0.6 is 0 Å². The fraction of sp³-hybridized carbons (Fsp3) is 0.588. The number of amides is 1. The van der Waals surface area contributed by atoms with Gasteiger partial charge < -0.3 is 15.4 Å². The van der Waals surface area contributed by atoms with Gasteiger partial charge in [-0.25, -0.2) is 0 Å². The van der Waals surface area contributed by atoms with Gasteiger partial charge in [-0.3, -0.25) is 4.79 Å². The predicted octanol–water partition coefficient (Wildman–Crippen LogP) is 3.25. The number of aryl methyl sites for hydroxylation is 1. The van der Waals surface area contributed by atoms with Crippen LogP contribution < -0.4 is 15.4 Å². The summed E-state index contributed by atoms with van der Waals surface area (Å²) in [5.41, 5.74) is 1.88. The van der Waals surface area contributed by atoms with Crippen molar-refractivity contribution in [3.05, 3.63) is 23.8 Å². The smallest absolute Gasteiger partial charge is 0.238 e. The molecule has 4 nitrogen and oxygen atoms in total. The summed E-state index contributed by atoms with van der Waals surface area (Å²) in [6.45, 7) is 5.12. The second-order valence-electron chi connectivity index (χ2n) is 5.76. The maximum Gasteiger partial charge on any atom is 0.238 e. The molecule has 1 fully saturated rings. The van der Waals surface area contributed by atoms with Gasteiger partial charge in [-0.2, -0.15) is 0 Å². The van der Waals surface area contributed by atoms with E-state index < -0.39 is 0 Å². The summed E-state index contributed by atoms with van der Waals surface area (Å²) in [4.78, 5) is 12.1. The van der Waals surface area contributed by atoms with Crippen molar-refractivity contribution in [2.75, 3.05) is 18.5 Å². The van der Waals surface area contributed by atoms with Crippen LogP contribution in [-0.4, -0.2) is 25.1 Å². The van der Waals surface area contributed by atoms with Gasteiger partial charge in [-0.05, 0) is 43.9 Å². The first-order chi connectivity index (χ1) is 10.2. The van der Waals surface area contributed by atoms with Gasteiger partial charge in [0, 0.05) is 6.04 Å². The van der Waals surface area contributed by atoms with Crippen molar-refractivity contribution in [1.82, 2.24) is 5.32 Å². The van der Waals surface area contributed by atoms with Crippen molar-refractivity contribution in [2.45, 2.75) is 52.0 Å². The molecular weight excluding hydrogens is 264 g/mol. The van der Waals surface area contributed by atoms with Crippen LogP contribution in [-0.2, 0) is 4.79 Å². The minimum Gasteiger partial charge on any atom is -0.491 e. The highest BCUT2D eigenvalue weighted by atomic mass is 16.5. The second-order valence-corrected chi connectivity index (χ2v) is 5.76. The molecule has 4 heteroatoms. The zero-order valence-corrected chi connectivity index (χ0v) is 13.1. The number of hydrogen-bond acceptors (Lipinski definition) is 3. The number of hydrogen-bond donors (Lipinski definition) is 2. The second kappa shape index (κ2) is 8.03. The molecule has 0 aromatic heterocycles. The summed E-state index contributed by atoms with van der Waals surface area (Å²) in [5, 5.41) is 6.27. The van der Waals surface area contributed by atoms with E-state index in [4.69, 9.17) is 4.74 Å². The fourth-order valence-electron chi connectivity index (χ4n) is 2.63. The number of ether oxygens (including phenoxy) is 1. The third-order valence-electron chi connectivity index (χ3n) is 3.78. The van der Waals surface area contributed by atoms with E-state index in [0.29, 0.717) is 19.2 Å². The van der Waals surface area contributed by atoms with Crippen LogP contribution in [0, 0.1) is 6.92 Å². The molecule has 1 amide bonds. The van der Waals surface area contributed by atoms with E-state index in [0.717, 1.165) is 23.4 Å². The average Bonchev–Trinajstić information content (AvgIpc) is 2.98. The average molecular weight is 290 g/mol. The minimum absolute atomic E-state index is 0.00731. The summed E-state index contributed by atoms with van der Waals surface area (Å²) in [5.74, 6) is 0.748. The monoisotopic (exact) mass is 290 g/mol. The van der Waals surface area contributed by atoms with E-state index in [1.165, 1.54) is 25.7 Å². The molecule has 0 radical (unpaired) electrons. The normalized spacial score (nSPS) is 15.1. The van der Waals surface area contributed by atoms with Crippen LogP contribution in [0.1, 0.15) is 44.6 Å². The number of benzene rings is 1. The molecule has 0 bridgehead atoms.